The van der Waals surface area contributed by atoms with Crippen molar-refractivity contribution in [3.63, 3.8) is 0 Å². The molecule has 1 N–H and O–H groups in total. The van der Waals surface area contributed by atoms with Crippen molar-refractivity contribution in [3.8, 4) is 0 Å². The molecular weight excluding hydrogens is 391 g/mol. The number of carbonyl (C=O) groups is 1. The van der Waals surface area contributed by atoms with E-state index in [1.807, 2.05) is 11.2 Å². The highest BCUT2D eigenvalue weighted by atomic mass is 35.5. The molecule has 0 radical (unpaired) electrons. The maximum atomic E-state index is 12.6. The predicted molar refractivity (Wildman–Crippen MR) is 110 cm³/mol. The maximum absolute atomic E-state index is 12.6. The van der Waals surface area contributed by atoms with Crippen LogP contribution in [0, 0.1) is 11.3 Å². The lowest BCUT2D eigenvalue weighted by atomic mass is 9.73. The van der Waals surface area contributed by atoms with Gasteiger partial charge in [0.1, 0.15) is 0 Å². The Morgan fingerprint density at radius 3 is 2.54 bits per heavy atom. The molecule has 1 aliphatic rings. The van der Waals surface area contributed by atoms with Crippen LogP contribution in [0.1, 0.15) is 50.4 Å². The summed E-state index contributed by atoms with van der Waals surface area (Å²) in [4.78, 5) is 12.6. The molecule has 146 valence electrons. The van der Waals surface area contributed by atoms with Gasteiger partial charge in [-0.2, -0.15) is 0 Å². The quantitative estimate of drug-likeness (QED) is 0.706. The van der Waals surface area contributed by atoms with Gasteiger partial charge in [0.15, 0.2) is 0 Å². The van der Waals surface area contributed by atoms with Gasteiger partial charge in [0.25, 0.3) is 5.91 Å². The Morgan fingerprint density at radius 2 is 1.96 bits per heavy atom. The van der Waals surface area contributed by atoms with E-state index in [1.54, 1.807) is 18.2 Å². The third-order valence-electron chi connectivity index (χ3n) is 4.98. The van der Waals surface area contributed by atoms with Gasteiger partial charge in [-0.1, -0.05) is 50.0 Å². The molecule has 4 nitrogen and oxygen atoms in total. The molecule has 0 bridgehead atoms. The largest absolute Gasteiger partial charge is 0.351 e. The van der Waals surface area contributed by atoms with E-state index in [9.17, 15) is 9.00 Å². The van der Waals surface area contributed by atoms with E-state index in [4.69, 9.17) is 23.2 Å². The van der Waals surface area contributed by atoms with E-state index < -0.39 is 11.0 Å². The molecule has 0 aliphatic carbocycles. The summed E-state index contributed by atoms with van der Waals surface area (Å²) < 4.78 is 14.1. The van der Waals surface area contributed by atoms with Crippen molar-refractivity contribution in [2.75, 3.05) is 25.4 Å². The zero-order valence-electron chi connectivity index (χ0n) is 15.7. The SMILES string of the molecule is CCS(=O)N1CCC(CNC(=O)c2cccc(Cl)c2Cl)(CC(C)C)CC1. The van der Waals surface area contributed by atoms with Crippen LogP contribution in [0.25, 0.3) is 0 Å². The van der Waals surface area contributed by atoms with Gasteiger partial charge < -0.3 is 5.32 Å². The maximum Gasteiger partial charge on any atom is 0.252 e. The van der Waals surface area contributed by atoms with Crippen LogP contribution >= 0.6 is 23.2 Å². The molecule has 1 atom stereocenters. The van der Waals surface area contributed by atoms with Crippen LogP contribution in [-0.4, -0.2) is 39.8 Å². The molecule has 26 heavy (non-hydrogen) atoms. The van der Waals surface area contributed by atoms with Gasteiger partial charge in [0.2, 0.25) is 0 Å². The van der Waals surface area contributed by atoms with Crippen LogP contribution in [0.15, 0.2) is 18.2 Å². The lowest BCUT2D eigenvalue weighted by Crippen LogP contribution is -2.47. The molecule has 0 saturated carbocycles. The number of nitrogens with zero attached hydrogens (tertiary/aromatic N) is 1. The Balaban J connectivity index is 2.06. The normalized spacial score (nSPS) is 18.7. The summed E-state index contributed by atoms with van der Waals surface area (Å²) in [6.07, 6.45) is 2.89. The van der Waals surface area contributed by atoms with Crippen molar-refractivity contribution in [1.29, 1.82) is 0 Å². The van der Waals surface area contributed by atoms with Crippen molar-refractivity contribution in [3.05, 3.63) is 33.8 Å². The summed E-state index contributed by atoms with van der Waals surface area (Å²) in [6.45, 7) is 8.56. The number of rotatable bonds is 7. The van der Waals surface area contributed by atoms with Gasteiger partial charge in [-0.25, -0.2) is 8.51 Å². The lowest BCUT2D eigenvalue weighted by Gasteiger charge is -2.42. The molecule has 0 spiro atoms. The first-order valence-corrected chi connectivity index (χ1v) is 11.2. The van der Waals surface area contributed by atoms with Crippen LogP contribution in [0.3, 0.4) is 0 Å². The van der Waals surface area contributed by atoms with Crippen molar-refractivity contribution in [2.45, 2.75) is 40.0 Å². The summed E-state index contributed by atoms with van der Waals surface area (Å²) in [5.74, 6) is 0.992. The zero-order chi connectivity index (χ0) is 19.3. The molecule has 1 unspecified atom stereocenters. The smallest absolute Gasteiger partial charge is 0.252 e. The van der Waals surface area contributed by atoms with E-state index >= 15 is 0 Å². The molecule has 1 fully saturated rings. The van der Waals surface area contributed by atoms with Gasteiger partial charge >= 0.3 is 0 Å². The summed E-state index contributed by atoms with van der Waals surface area (Å²) in [5.41, 5.74) is 0.437. The van der Waals surface area contributed by atoms with Gasteiger partial charge in [-0.3, -0.25) is 4.79 Å². The van der Waals surface area contributed by atoms with Crippen molar-refractivity contribution < 1.29 is 9.00 Å². The third-order valence-corrected chi connectivity index (χ3v) is 7.23. The molecule has 0 aromatic heterocycles. The van der Waals surface area contributed by atoms with Gasteiger partial charge in [0, 0.05) is 25.4 Å². The lowest BCUT2D eigenvalue weighted by molar-refractivity contribution is 0.0860. The van der Waals surface area contributed by atoms with Crippen LogP contribution < -0.4 is 5.32 Å². The molecule has 1 saturated heterocycles. The summed E-state index contributed by atoms with van der Waals surface area (Å²) in [6, 6.07) is 5.09. The highest BCUT2D eigenvalue weighted by molar-refractivity contribution is 7.82. The Bertz CT molecular complexity index is 659. The number of amides is 1. The number of halogens is 2. The highest BCUT2D eigenvalue weighted by Crippen LogP contribution is 2.38. The second-order valence-electron chi connectivity index (χ2n) is 7.42. The molecular formula is C19H28Cl2N2O2S. The standard InChI is InChI=1S/C19H28Cl2N2O2S/c1-4-26(25)23-10-8-19(9-11-23,12-14(2)3)13-22-18(24)15-6-5-7-16(20)17(15)21/h5-7,14H,4,8-13H2,1-3H3,(H,22,24). The molecule has 1 amide bonds. The average Bonchev–Trinajstić information content (AvgIpc) is 2.61. The molecule has 1 aromatic rings. The molecule has 7 heteroatoms. The number of carbonyl (C=O) groups excluding carboxylic acids is 1. The first kappa shape index (κ1) is 21.7. The number of benzene rings is 1. The fourth-order valence-electron chi connectivity index (χ4n) is 3.71. The number of hydrogen-bond acceptors (Lipinski definition) is 2. The van der Waals surface area contributed by atoms with E-state index in [-0.39, 0.29) is 16.3 Å². The number of hydrogen-bond donors (Lipinski definition) is 1. The van der Waals surface area contributed by atoms with E-state index in [0.29, 0.717) is 28.8 Å². The Hall–Kier alpha value is -0.620. The topological polar surface area (TPSA) is 49.4 Å². The third kappa shape index (κ3) is 5.44. The predicted octanol–water partition coefficient (Wildman–Crippen LogP) is 4.54. The molecule has 2 rings (SSSR count). The van der Waals surface area contributed by atoms with E-state index in [0.717, 1.165) is 32.4 Å². The fourth-order valence-corrected chi connectivity index (χ4v) is 5.05. The average molecular weight is 419 g/mol. The minimum atomic E-state index is -0.894. The molecule has 1 aromatic carbocycles. The van der Waals surface area contributed by atoms with E-state index in [1.165, 1.54) is 0 Å². The van der Waals surface area contributed by atoms with E-state index in [2.05, 4.69) is 19.2 Å². The summed E-state index contributed by atoms with van der Waals surface area (Å²) in [5, 5.41) is 3.74. The molecule has 1 heterocycles. The Morgan fingerprint density at radius 1 is 1.31 bits per heavy atom. The molecule has 1 aliphatic heterocycles. The fraction of sp³-hybridized carbons (Fsp3) is 0.632. The number of nitrogens with one attached hydrogen (secondary N) is 1. The van der Waals surface area contributed by atoms with Crippen LogP contribution in [0.2, 0.25) is 10.0 Å². The first-order valence-electron chi connectivity index (χ1n) is 9.13. The highest BCUT2D eigenvalue weighted by Gasteiger charge is 2.36. The Kier molecular flexibility index (Phi) is 7.95. The monoisotopic (exact) mass is 418 g/mol. The van der Waals surface area contributed by atoms with Crippen molar-refractivity contribution in [1.82, 2.24) is 9.62 Å². The van der Waals surface area contributed by atoms with Crippen LogP contribution in [-0.2, 0) is 11.0 Å². The van der Waals surface area contributed by atoms with Crippen molar-refractivity contribution >= 4 is 40.1 Å². The van der Waals surface area contributed by atoms with Gasteiger partial charge in [-0.15, -0.1) is 0 Å². The van der Waals surface area contributed by atoms with Crippen molar-refractivity contribution in [2.24, 2.45) is 11.3 Å². The minimum absolute atomic E-state index is 0.0311. The Labute approximate surface area is 169 Å². The van der Waals surface area contributed by atoms with Gasteiger partial charge in [0.05, 0.1) is 26.6 Å². The van der Waals surface area contributed by atoms with Gasteiger partial charge in [-0.05, 0) is 42.7 Å². The second kappa shape index (κ2) is 9.54. The first-order chi connectivity index (χ1) is 12.3. The summed E-state index contributed by atoms with van der Waals surface area (Å²) in [7, 11) is -0.894. The minimum Gasteiger partial charge on any atom is -0.351 e. The van der Waals surface area contributed by atoms with Crippen LogP contribution in [0.5, 0.6) is 0 Å². The van der Waals surface area contributed by atoms with Crippen LogP contribution in [0.4, 0.5) is 0 Å². The second-order valence-corrected chi connectivity index (χ2v) is 9.94. The summed E-state index contributed by atoms with van der Waals surface area (Å²) >= 11 is 12.2. The number of piperidine rings is 1. The zero-order valence-corrected chi connectivity index (χ0v) is 18.0.